The van der Waals surface area contributed by atoms with E-state index in [1.54, 1.807) is 12.1 Å². The van der Waals surface area contributed by atoms with Crippen LogP contribution in [0.4, 0.5) is 5.95 Å². The zero-order chi connectivity index (χ0) is 12.6. The van der Waals surface area contributed by atoms with Gasteiger partial charge in [-0.05, 0) is 18.6 Å². The quantitative estimate of drug-likeness (QED) is 0.897. The van der Waals surface area contributed by atoms with Gasteiger partial charge in [-0.2, -0.15) is 0 Å². The lowest BCUT2D eigenvalue weighted by Gasteiger charge is -2.04. The SMILES string of the molecule is CCCn1c(N)nc2c(S(C)(=O)=O)cccc21. The first-order valence-corrected chi connectivity index (χ1v) is 7.29. The molecule has 1 aromatic carbocycles. The summed E-state index contributed by atoms with van der Waals surface area (Å²) in [5, 5.41) is 0. The lowest BCUT2D eigenvalue weighted by molar-refractivity contribution is 0.602. The maximum absolute atomic E-state index is 11.6. The number of nitrogens with two attached hydrogens (primary N) is 1. The molecule has 2 N–H and O–H groups in total. The van der Waals surface area contributed by atoms with Gasteiger partial charge in [-0.3, -0.25) is 0 Å². The molecule has 0 radical (unpaired) electrons. The van der Waals surface area contributed by atoms with Crippen molar-refractivity contribution in [3.8, 4) is 0 Å². The van der Waals surface area contributed by atoms with Crippen LogP contribution in [0, 0.1) is 0 Å². The predicted octanol–water partition coefficient (Wildman–Crippen LogP) is 1.43. The van der Waals surface area contributed by atoms with Crippen molar-refractivity contribution in [1.82, 2.24) is 9.55 Å². The molecule has 0 fully saturated rings. The van der Waals surface area contributed by atoms with E-state index in [1.165, 1.54) is 6.26 Å². The second-order valence-electron chi connectivity index (χ2n) is 4.02. The second kappa shape index (κ2) is 4.03. The first-order chi connectivity index (χ1) is 7.95. The van der Waals surface area contributed by atoms with Gasteiger partial charge in [-0.1, -0.05) is 13.0 Å². The molecule has 0 unspecified atom stereocenters. The molecule has 0 aliphatic rings. The molecule has 5 nitrogen and oxygen atoms in total. The van der Waals surface area contributed by atoms with E-state index in [9.17, 15) is 8.42 Å². The highest BCUT2D eigenvalue weighted by Crippen LogP contribution is 2.24. The van der Waals surface area contributed by atoms with Crippen LogP contribution in [-0.4, -0.2) is 24.2 Å². The van der Waals surface area contributed by atoms with Crippen LogP contribution in [0.1, 0.15) is 13.3 Å². The Morgan fingerprint density at radius 2 is 2.12 bits per heavy atom. The number of fused-ring (bicyclic) bond motifs is 1. The Labute approximate surface area is 100 Å². The lowest BCUT2D eigenvalue weighted by Crippen LogP contribution is -2.02. The van der Waals surface area contributed by atoms with Crippen LogP contribution in [0.3, 0.4) is 0 Å². The molecule has 17 heavy (non-hydrogen) atoms. The normalized spacial score (nSPS) is 12.1. The molecular weight excluding hydrogens is 238 g/mol. The van der Waals surface area contributed by atoms with Crippen LogP contribution in [-0.2, 0) is 16.4 Å². The van der Waals surface area contributed by atoms with Gasteiger partial charge in [0.15, 0.2) is 9.84 Å². The third kappa shape index (κ3) is 2.00. The van der Waals surface area contributed by atoms with Gasteiger partial charge in [-0.15, -0.1) is 0 Å². The number of nitrogens with zero attached hydrogens (tertiary/aromatic N) is 2. The van der Waals surface area contributed by atoms with Crippen molar-refractivity contribution in [3.63, 3.8) is 0 Å². The van der Waals surface area contributed by atoms with Crippen molar-refractivity contribution < 1.29 is 8.42 Å². The molecule has 0 spiro atoms. The van der Waals surface area contributed by atoms with Crippen LogP contribution < -0.4 is 5.73 Å². The van der Waals surface area contributed by atoms with Crippen molar-refractivity contribution in [3.05, 3.63) is 18.2 Å². The fourth-order valence-electron chi connectivity index (χ4n) is 1.90. The van der Waals surface area contributed by atoms with Gasteiger partial charge in [0.25, 0.3) is 0 Å². The Balaban J connectivity index is 2.80. The van der Waals surface area contributed by atoms with Crippen LogP contribution in [0.5, 0.6) is 0 Å². The van der Waals surface area contributed by atoms with Crippen molar-refractivity contribution in [2.24, 2.45) is 0 Å². The number of para-hydroxylation sites is 1. The highest BCUT2D eigenvalue weighted by atomic mass is 32.2. The van der Waals surface area contributed by atoms with Crippen molar-refractivity contribution >= 4 is 26.8 Å². The number of benzene rings is 1. The minimum atomic E-state index is -3.28. The van der Waals surface area contributed by atoms with Gasteiger partial charge in [0.1, 0.15) is 5.52 Å². The highest BCUT2D eigenvalue weighted by Gasteiger charge is 2.16. The summed E-state index contributed by atoms with van der Waals surface area (Å²) in [7, 11) is -3.28. The number of aryl methyl sites for hydroxylation is 1. The van der Waals surface area contributed by atoms with E-state index in [0.29, 0.717) is 11.5 Å². The zero-order valence-corrected chi connectivity index (χ0v) is 10.7. The Kier molecular flexibility index (Phi) is 2.82. The minimum absolute atomic E-state index is 0.233. The smallest absolute Gasteiger partial charge is 0.201 e. The molecule has 6 heteroatoms. The fourth-order valence-corrected chi connectivity index (χ4v) is 2.72. The molecule has 92 valence electrons. The number of imidazole rings is 1. The Hall–Kier alpha value is -1.56. The monoisotopic (exact) mass is 253 g/mol. The van der Waals surface area contributed by atoms with Crippen LogP contribution in [0.2, 0.25) is 0 Å². The maximum Gasteiger partial charge on any atom is 0.201 e. The zero-order valence-electron chi connectivity index (χ0n) is 9.84. The summed E-state index contributed by atoms with van der Waals surface area (Å²) >= 11 is 0. The molecule has 0 aliphatic heterocycles. The first kappa shape index (κ1) is 11.9. The molecule has 0 bridgehead atoms. The van der Waals surface area contributed by atoms with E-state index in [-0.39, 0.29) is 4.90 Å². The summed E-state index contributed by atoms with van der Waals surface area (Å²) in [6.07, 6.45) is 2.09. The standard InChI is InChI=1S/C11H15N3O2S/c1-3-7-14-8-5-4-6-9(17(2,15)16)10(8)13-11(14)12/h4-6H,3,7H2,1-2H3,(H2,12,13). The summed E-state index contributed by atoms with van der Waals surface area (Å²) < 4.78 is 25.1. The number of anilines is 1. The van der Waals surface area contributed by atoms with Gasteiger partial charge >= 0.3 is 0 Å². The summed E-state index contributed by atoms with van der Waals surface area (Å²) in [5.41, 5.74) is 7.04. The molecule has 0 atom stereocenters. The number of rotatable bonds is 3. The van der Waals surface area contributed by atoms with E-state index in [0.717, 1.165) is 18.5 Å². The number of aromatic nitrogens is 2. The van der Waals surface area contributed by atoms with Crippen LogP contribution in [0.15, 0.2) is 23.1 Å². The number of hydrogen-bond acceptors (Lipinski definition) is 4. The maximum atomic E-state index is 11.6. The lowest BCUT2D eigenvalue weighted by atomic mass is 10.3. The predicted molar refractivity (Wildman–Crippen MR) is 67.5 cm³/mol. The second-order valence-corrected chi connectivity index (χ2v) is 6.00. The Bertz CT molecular complexity index is 659. The molecule has 2 aromatic rings. The molecule has 1 heterocycles. The van der Waals surface area contributed by atoms with Crippen molar-refractivity contribution in [2.75, 3.05) is 12.0 Å². The largest absolute Gasteiger partial charge is 0.369 e. The summed E-state index contributed by atoms with van der Waals surface area (Å²) in [4.78, 5) is 4.39. The van der Waals surface area contributed by atoms with E-state index in [1.807, 2.05) is 17.6 Å². The number of nitrogen functional groups attached to an aromatic ring is 1. The Morgan fingerprint density at radius 1 is 1.41 bits per heavy atom. The molecule has 0 aliphatic carbocycles. The average Bonchev–Trinajstić information content (AvgIpc) is 2.54. The third-order valence-corrected chi connectivity index (χ3v) is 3.75. The topological polar surface area (TPSA) is 78.0 Å². The summed E-state index contributed by atoms with van der Waals surface area (Å²) in [6, 6.07) is 5.11. The van der Waals surface area contributed by atoms with E-state index >= 15 is 0 Å². The molecule has 0 saturated heterocycles. The minimum Gasteiger partial charge on any atom is -0.369 e. The van der Waals surface area contributed by atoms with E-state index in [2.05, 4.69) is 4.98 Å². The van der Waals surface area contributed by atoms with Gasteiger partial charge in [0, 0.05) is 12.8 Å². The van der Waals surface area contributed by atoms with Gasteiger partial charge < -0.3 is 10.3 Å². The van der Waals surface area contributed by atoms with Crippen molar-refractivity contribution in [1.29, 1.82) is 0 Å². The Morgan fingerprint density at radius 3 is 2.71 bits per heavy atom. The number of hydrogen-bond donors (Lipinski definition) is 1. The van der Waals surface area contributed by atoms with Crippen molar-refractivity contribution in [2.45, 2.75) is 24.8 Å². The summed E-state index contributed by atoms with van der Waals surface area (Å²) in [6.45, 7) is 2.77. The molecular formula is C11H15N3O2S. The van der Waals surface area contributed by atoms with Gasteiger partial charge in [0.2, 0.25) is 5.95 Å². The molecule has 0 amide bonds. The third-order valence-electron chi connectivity index (χ3n) is 2.62. The molecule has 2 rings (SSSR count). The van der Waals surface area contributed by atoms with Gasteiger partial charge in [-0.25, -0.2) is 13.4 Å². The molecule has 0 saturated carbocycles. The summed E-state index contributed by atoms with van der Waals surface area (Å²) in [5.74, 6) is 0.359. The number of sulfone groups is 1. The van der Waals surface area contributed by atoms with E-state index < -0.39 is 9.84 Å². The van der Waals surface area contributed by atoms with Crippen LogP contribution in [0.25, 0.3) is 11.0 Å². The molecule has 1 aromatic heterocycles. The highest BCUT2D eigenvalue weighted by molar-refractivity contribution is 7.91. The van der Waals surface area contributed by atoms with Gasteiger partial charge in [0.05, 0.1) is 10.4 Å². The first-order valence-electron chi connectivity index (χ1n) is 5.40. The average molecular weight is 253 g/mol. The van der Waals surface area contributed by atoms with Crippen LogP contribution >= 0.6 is 0 Å². The van der Waals surface area contributed by atoms with E-state index in [4.69, 9.17) is 5.73 Å². The fraction of sp³-hybridized carbons (Fsp3) is 0.364.